The highest BCUT2D eigenvalue weighted by Crippen LogP contribution is 2.10. The second-order valence-electron chi connectivity index (χ2n) is 4.34. The number of rotatable bonds is 4. The predicted molar refractivity (Wildman–Crippen MR) is 66.0 cm³/mol. The second kappa shape index (κ2) is 5.95. The third-order valence-corrected chi connectivity index (χ3v) is 2.08. The van der Waals surface area contributed by atoms with Crippen molar-refractivity contribution < 1.29 is 14.3 Å². The molecule has 6 heteroatoms. The Balaban J connectivity index is 2.42. The molecule has 0 spiro atoms. The Morgan fingerprint density at radius 3 is 2.41 bits per heavy atom. The monoisotopic (exact) mass is 302 g/mol. The summed E-state index contributed by atoms with van der Waals surface area (Å²) in [5.41, 5.74) is -0.503. The van der Waals surface area contributed by atoms with Gasteiger partial charge in [-0.1, -0.05) is 15.9 Å². The normalized spacial score (nSPS) is 11.1. The topological polar surface area (TPSA) is 61.3 Å². The van der Waals surface area contributed by atoms with E-state index in [-0.39, 0.29) is 6.61 Å². The van der Waals surface area contributed by atoms with Gasteiger partial charge >= 0.3 is 5.97 Å². The van der Waals surface area contributed by atoms with Crippen LogP contribution in [-0.4, -0.2) is 28.1 Å². The molecule has 0 atom stereocenters. The maximum Gasteiger partial charge on any atom is 0.344 e. The summed E-state index contributed by atoms with van der Waals surface area (Å²) in [6, 6.07) is 0. The van der Waals surface area contributed by atoms with Gasteiger partial charge in [-0.25, -0.2) is 14.8 Å². The number of halogens is 1. The lowest BCUT2D eigenvalue weighted by atomic mass is 10.2. The van der Waals surface area contributed by atoms with Crippen molar-refractivity contribution in [2.45, 2.75) is 31.7 Å². The van der Waals surface area contributed by atoms with Gasteiger partial charge in [0.15, 0.2) is 12.4 Å². The van der Waals surface area contributed by atoms with Crippen molar-refractivity contribution in [3.8, 4) is 5.75 Å². The van der Waals surface area contributed by atoms with Crippen LogP contribution < -0.4 is 4.74 Å². The smallest absolute Gasteiger partial charge is 0.344 e. The van der Waals surface area contributed by atoms with Crippen molar-refractivity contribution in [2.75, 3.05) is 6.61 Å². The van der Waals surface area contributed by atoms with Gasteiger partial charge in [0.05, 0.1) is 17.7 Å². The molecule has 0 fully saturated rings. The number of aromatic nitrogens is 2. The van der Waals surface area contributed by atoms with Gasteiger partial charge in [0, 0.05) is 0 Å². The van der Waals surface area contributed by atoms with Crippen LogP contribution in [0.2, 0.25) is 0 Å². The second-order valence-corrected chi connectivity index (χ2v) is 4.90. The highest BCUT2D eigenvalue weighted by Gasteiger charge is 2.16. The lowest BCUT2D eigenvalue weighted by Gasteiger charge is -2.19. The first-order valence-corrected chi connectivity index (χ1v) is 6.24. The quantitative estimate of drug-likeness (QED) is 0.629. The average Bonchev–Trinajstić information content (AvgIpc) is 2.25. The molecule has 1 aromatic heterocycles. The first-order chi connectivity index (χ1) is 7.90. The Morgan fingerprint density at radius 1 is 1.35 bits per heavy atom. The van der Waals surface area contributed by atoms with Crippen LogP contribution >= 0.6 is 15.9 Å². The number of alkyl halides is 1. The molecule has 0 N–H and O–H groups in total. The molecule has 94 valence electrons. The van der Waals surface area contributed by atoms with Crippen LogP contribution in [0, 0.1) is 0 Å². The molecule has 17 heavy (non-hydrogen) atoms. The SMILES string of the molecule is CC(C)(C)OC(=O)COc1cnc(CBr)nc1. The predicted octanol–water partition coefficient (Wildman–Crippen LogP) is 2.09. The van der Waals surface area contributed by atoms with E-state index >= 15 is 0 Å². The molecular weight excluding hydrogens is 288 g/mol. The molecule has 0 aliphatic heterocycles. The lowest BCUT2D eigenvalue weighted by Crippen LogP contribution is -2.27. The highest BCUT2D eigenvalue weighted by molar-refractivity contribution is 9.08. The lowest BCUT2D eigenvalue weighted by molar-refractivity contribution is -0.157. The molecule has 0 saturated heterocycles. The molecule has 0 radical (unpaired) electrons. The van der Waals surface area contributed by atoms with Crippen LogP contribution in [-0.2, 0) is 14.9 Å². The van der Waals surface area contributed by atoms with Crippen LogP contribution in [0.5, 0.6) is 5.75 Å². The first-order valence-electron chi connectivity index (χ1n) is 5.12. The van der Waals surface area contributed by atoms with Gasteiger partial charge in [0.1, 0.15) is 11.4 Å². The summed E-state index contributed by atoms with van der Waals surface area (Å²) in [6.07, 6.45) is 3.04. The van der Waals surface area contributed by atoms with Gasteiger partial charge in [0.2, 0.25) is 0 Å². The number of nitrogens with zero attached hydrogens (tertiary/aromatic N) is 2. The molecule has 0 aliphatic rings. The number of hydrogen-bond acceptors (Lipinski definition) is 5. The minimum Gasteiger partial charge on any atom is -0.479 e. The maximum absolute atomic E-state index is 11.4. The maximum atomic E-state index is 11.4. The fourth-order valence-corrected chi connectivity index (χ4v) is 1.29. The van der Waals surface area contributed by atoms with Crippen LogP contribution in [0.15, 0.2) is 12.4 Å². The van der Waals surface area contributed by atoms with Gasteiger partial charge in [-0.05, 0) is 20.8 Å². The fourth-order valence-electron chi connectivity index (χ4n) is 1.000. The Hall–Kier alpha value is -1.17. The van der Waals surface area contributed by atoms with E-state index in [1.807, 2.05) is 0 Å². The molecule has 0 unspecified atom stereocenters. The summed E-state index contributed by atoms with van der Waals surface area (Å²) >= 11 is 3.24. The zero-order valence-electron chi connectivity index (χ0n) is 10.1. The van der Waals surface area contributed by atoms with E-state index in [9.17, 15) is 4.79 Å². The third-order valence-electron chi connectivity index (χ3n) is 1.58. The zero-order valence-corrected chi connectivity index (χ0v) is 11.7. The summed E-state index contributed by atoms with van der Waals surface area (Å²) in [6.45, 7) is 5.27. The Morgan fingerprint density at radius 2 is 1.94 bits per heavy atom. The van der Waals surface area contributed by atoms with Crippen LogP contribution in [0.1, 0.15) is 26.6 Å². The van der Waals surface area contributed by atoms with Crippen LogP contribution in [0.25, 0.3) is 0 Å². The summed E-state index contributed by atoms with van der Waals surface area (Å²) in [4.78, 5) is 19.4. The molecule has 0 amide bonds. The molecule has 1 heterocycles. The third kappa shape index (κ3) is 5.63. The molecule has 0 saturated carbocycles. The number of carbonyl (C=O) groups excluding carboxylic acids is 1. The van der Waals surface area contributed by atoms with Crippen LogP contribution in [0.3, 0.4) is 0 Å². The standard InChI is InChI=1S/C11H15BrN2O3/c1-11(2,3)17-10(15)7-16-8-5-13-9(4-12)14-6-8/h5-6H,4,7H2,1-3H3. The van der Waals surface area contributed by atoms with Crippen molar-refractivity contribution >= 4 is 21.9 Å². The van der Waals surface area contributed by atoms with Crippen LogP contribution in [0.4, 0.5) is 0 Å². The molecule has 0 aromatic carbocycles. The number of esters is 1. The molecule has 0 aliphatic carbocycles. The minimum atomic E-state index is -0.503. The van der Waals surface area contributed by atoms with E-state index in [2.05, 4.69) is 25.9 Å². The summed E-state index contributed by atoms with van der Waals surface area (Å²) in [5.74, 6) is 0.692. The van der Waals surface area contributed by atoms with E-state index in [1.165, 1.54) is 12.4 Å². The summed E-state index contributed by atoms with van der Waals surface area (Å²) in [7, 11) is 0. The van der Waals surface area contributed by atoms with Crippen molar-refractivity contribution in [3.05, 3.63) is 18.2 Å². The first kappa shape index (κ1) is 13.9. The van der Waals surface area contributed by atoms with Gasteiger partial charge < -0.3 is 9.47 Å². The molecule has 1 rings (SSSR count). The number of carbonyl (C=O) groups is 1. The molecule has 5 nitrogen and oxygen atoms in total. The van der Waals surface area contributed by atoms with Gasteiger partial charge in [0.25, 0.3) is 0 Å². The van der Waals surface area contributed by atoms with Gasteiger partial charge in [-0.2, -0.15) is 0 Å². The van der Waals surface area contributed by atoms with Gasteiger partial charge in [-0.3, -0.25) is 0 Å². The number of ether oxygens (including phenoxy) is 2. The fraction of sp³-hybridized carbons (Fsp3) is 0.545. The van der Waals surface area contributed by atoms with E-state index < -0.39 is 11.6 Å². The summed E-state index contributed by atoms with van der Waals surface area (Å²) in [5, 5.41) is 0.583. The summed E-state index contributed by atoms with van der Waals surface area (Å²) < 4.78 is 10.3. The Bertz CT molecular complexity index is 373. The Labute approximate surface area is 109 Å². The van der Waals surface area contributed by atoms with Crippen molar-refractivity contribution in [3.63, 3.8) is 0 Å². The minimum absolute atomic E-state index is 0.145. The average molecular weight is 303 g/mol. The number of hydrogen-bond donors (Lipinski definition) is 0. The van der Waals surface area contributed by atoms with Crippen molar-refractivity contribution in [1.29, 1.82) is 0 Å². The zero-order chi connectivity index (χ0) is 12.9. The van der Waals surface area contributed by atoms with Gasteiger partial charge in [-0.15, -0.1) is 0 Å². The van der Waals surface area contributed by atoms with E-state index in [4.69, 9.17) is 9.47 Å². The molecule has 1 aromatic rings. The molecular formula is C11H15BrN2O3. The van der Waals surface area contributed by atoms with E-state index in [1.54, 1.807) is 20.8 Å². The van der Waals surface area contributed by atoms with Crippen molar-refractivity contribution in [2.24, 2.45) is 0 Å². The highest BCUT2D eigenvalue weighted by atomic mass is 79.9. The van der Waals surface area contributed by atoms with E-state index in [0.29, 0.717) is 16.9 Å². The Kier molecular flexibility index (Phi) is 4.86. The van der Waals surface area contributed by atoms with Crippen molar-refractivity contribution in [1.82, 2.24) is 9.97 Å². The van der Waals surface area contributed by atoms with E-state index in [0.717, 1.165) is 0 Å². The molecule has 0 bridgehead atoms. The largest absolute Gasteiger partial charge is 0.479 e.